The molecule has 0 aromatic heterocycles. The number of piperidine rings is 1. The van der Waals surface area contributed by atoms with Crippen LogP contribution in [0.2, 0.25) is 0 Å². The van der Waals surface area contributed by atoms with E-state index in [1.807, 2.05) is 7.05 Å². The van der Waals surface area contributed by atoms with Gasteiger partial charge in [-0.05, 0) is 32.0 Å². The third kappa shape index (κ3) is 3.44. The minimum Gasteiger partial charge on any atom is -0.469 e. The number of carbonyl (C=O) groups is 3. The Kier molecular flexibility index (Phi) is 5.27. The average molecular weight is 361 g/mol. The lowest BCUT2D eigenvalue weighted by atomic mass is 9.87. The summed E-state index contributed by atoms with van der Waals surface area (Å²) in [6, 6.07) is 6.69. The molecule has 7 nitrogen and oxygen atoms in total. The molecule has 0 radical (unpaired) electrons. The molecule has 7 heteroatoms. The molecule has 2 aliphatic heterocycles. The summed E-state index contributed by atoms with van der Waals surface area (Å²) in [6.07, 6.45) is 1.86. The van der Waals surface area contributed by atoms with Crippen molar-refractivity contribution in [1.29, 1.82) is 0 Å². The van der Waals surface area contributed by atoms with Crippen LogP contribution >= 0.6 is 0 Å². The number of para-hydroxylation sites is 1. The summed E-state index contributed by atoms with van der Waals surface area (Å²) in [4.78, 5) is 38.5. The summed E-state index contributed by atoms with van der Waals surface area (Å²) < 4.78 is 15.7. The first kappa shape index (κ1) is 18.4. The molecule has 2 aliphatic rings. The molecule has 140 valence electrons. The molecule has 0 saturated carbocycles. The van der Waals surface area contributed by atoms with E-state index < -0.39 is 24.0 Å². The molecule has 0 N–H and O–H groups in total. The number of fused-ring (bicyclic) bond motifs is 2. The number of methoxy groups -OCH3 is 1. The monoisotopic (exact) mass is 361 g/mol. The van der Waals surface area contributed by atoms with Gasteiger partial charge in [-0.2, -0.15) is 0 Å². The molecule has 3 rings (SSSR count). The van der Waals surface area contributed by atoms with Gasteiger partial charge in [0.25, 0.3) is 0 Å². The van der Waals surface area contributed by atoms with Crippen LogP contribution in [0, 0.1) is 5.92 Å². The van der Waals surface area contributed by atoms with Gasteiger partial charge >= 0.3 is 17.9 Å². The minimum atomic E-state index is -0.607. The van der Waals surface area contributed by atoms with Gasteiger partial charge < -0.3 is 14.2 Å². The number of rotatable bonds is 4. The number of nitrogens with zero attached hydrogens (tertiary/aromatic N) is 1. The van der Waals surface area contributed by atoms with E-state index in [0.717, 1.165) is 12.8 Å². The zero-order chi connectivity index (χ0) is 18.8. The van der Waals surface area contributed by atoms with Crippen molar-refractivity contribution in [3.05, 3.63) is 29.8 Å². The Morgan fingerprint density at radius 2 is 1.88 bits per heavy atom. The second kappa shape index (κ2) is 7.45. The molecular formula is C19H23NO6. The first-order valence-electron chi connectivity index (χ1n) is 8.70. The Bertz CT molecular complexity index is 718. The van der Waals surface area contributed by atoms with E-state index >= 15 is 0 Å². The van der Waals surface area contributed by atoms with E-state index in [2.05, 4.69) is 4.90 Å². The van der Waals surface area contributed by atoms with Crippen molar-refractivity contribution in [3.63, 3.8) is 0 Å². The molecule has 2 heterocycles. The van der Waals surface area contributed by atoms with Crippen molar-refractivity contribution in [2.45, 2.75) is 44.4 Å². The number of ether oxygens (including phenoxy) is 3. The van der Waals surface area contributed by atoms with Gasteiger partial charge in [0.2, 0.25) is 0 Å². The summed E-state index contributed by atoms with van der Waals surface area (Å²) in [5.41, 5.74) is 0.164. The summed E-state index contributed by atoms with van der Waals surface area (Å²) >= 11 is 0. The molecule has 26 heavy (non-hydrogen) atoms. The zero-order valence-electron chi connectivity index (χ0n) is 15.1. The van der Waals surface area contributed by atoms with Crippen LogP contribution in [0.4, 0.5) is 0 Å². The van der Waals surface area contributed by atoms with Crippen LogP contribution < -0.4 is 4.74 Å². The number of hydrogen-bond acceptors (Lipinski definition) is 7. The van der Waals surface area contributed by atoms with Crippen LogP contribution in [0.15, 0.2) is 24.3 Å². The van der Waals surface area contributed by atoms with Crippen molar-refractivity contribution >= 4 is 17.9 Å². The topological polar surface area (TPSA) is 82.1 Å². The zero-order valence-corrected chi connectivity index (χ0v) is 15.1. The Balaban J connectivity index is 1.82. The lowest BCUT2D eigenvalue weighted by Gasteiger charge is -2.40. The average Bonchev–Trinajstić information content (AvgIpc) is 2.84. The third-order valence-electron chi connectivity index (χ3n) is 5.31. The maximum atomic E-state index is 12.7. The number of carbonyl (C=O) groups excluding carboxylic acids is 3. The maximum absolute atomic E-state index is 12.7. The van der Waals surface area contributed by atoms with Crippen LogP contribution in [0.25, 0.3) is 0 Å². The quantitative estimate of drug-likeness (QED) is 0.597. The van der Waals surface area contributed by atoms with Crippen molar-refractivity contribution < 1.29 is 28.6 Å². The van der Waals surface area contributed by atoms with E-state index in [4.69, 9.17) is 14.2 Å². The molecule has 2 saturated heterocycles. The lowest BCUT2D eigenvalue weighted by Crippen LogP contribution is -2.53. The Morgan fingerprint density at radius 1 is 1.15 bits per heavy atom. The van der Waals surface area contributed by atoms with Crippen molar-refractivity contribution in [3.8, 4) is 5.75 Å². The van der Waals surface area contributed by atoms with E-state index in [9.17, 15) is 14.4 Å². The van der Waals surface area contributed by atoms with Crippen LogP contribution in [0.3, 0.4) is 0 Å². The van der Waals surface area contributed by atoms with Gasteiger partial charge in [-0.25, -0.2) is 4.79 Å². The predicted octanol–water partition coefficient (Wildman–Crippen LogP) is 1.79. The SMILES string of the molecule is COC(=O)[C@H]1[C@@H](OC(=O)c2ccccc2OC(C)=O)C[C@@H]2CC[C@H]1N2C. The largest absolute Gasteiger partial charge is 0.469 e. The number of benzene rings is 1. The predicted molar refractivity (Wildman–Crippen MR) is 91.7 cm³/mol. The minimum absolute atomic E-state index is 0.00251. The second-order valence-electron chi connectivity index (χ2n) is 6.78. The molecule has 0 unspecified atom stereocenters. The Hall–Kier alpha value is -2.41. The normalized spacial score (nSPS) is 27.7. The fourth-order valence-corrected chi connectivity index (χ4v) is 4.07. The van der Waals surface area contributed by atoms with Gasteiger partial charge in [-0.1, -0.05) is 12.1 Å². The highest BCUT2D eigenvalue weighted by Crippen LogP contribution is 2.40. The molecule has 0 aliphatic carbocycles. The summed E-state index contributed by atoms with van der Waals surface area (Å²) in [5, 5.41) is 0. The standard InChI is InChI=1S/C19H23NO6/c1-11(21)25-15-7-5-4-6-13(15)18(22)26-16-10-12-8-9-14(20(12)2)17(16)19(23)24-3/h4-7,12,14,16-17H,8-10H2,1-3H3/t12-,14+,16-,17+/m0/s1. The van der Waals surface area contributed by atoms with Crippen LogP contribution in [-0.4, -0.2) is 55.2 Å². The summed E-state index contributed by atoms with van der Waals surface area (Å²) in [6.45, 7) is 1.27. The fraction of sp³-hybridized carbons (Fsp3) is 0.526. The van der Waals surface area contributed by atoms with Gasteiger partial charge in [0.1, 0.15) is 23.3 Å². The first-order valence-corrected chi connectivity index (χ1v) is 8.70. The Labute approximate surface area is 152 Å². The molecule has 1 aromatic carbocycles. The highest BCUT2D eigenvalue weighted by atomic mass is 16.6. The summed E-state index contributed by atoms with van der Waals surface area (Å²) in [7, 11) is 3.34. The van der Waals surface area contributed by atoms with Crippen molar-refractivity contribution in [2.24, 2.45) is 5.92 Å². The van der Waals surface area contributed by atoms with Gasteiger partial charge in [-0.15, -0.1) is 0 Å². The molecule has 0 amide bonds. The van der Waals surface area contributed by atoms with Gasteiger partial charge in [0.15, 0.2) is 0 Å². The molecule has 1 aromatic rings. The van der Waals surface area contributed by atoms with Crippen molar-refractivity contribution in [1.82, 2.24) is 4.90 Å². The highest BCUT2D eigenvalue weighted by Gasteiger charge is 2.51. The van der Waals surface area contributed by atoms with Crippen molar-refractivity contribution in [2.75, 3.05) is 14.2 Å². The van der Waals surface area contributed by atoms with Gasteiger partial charge in [0.05, 0.1) is 7.11 Å². The van der Waals surface area contributed by atoms with Crippen LogP contribution in [0.5, 0.6) is 5.75 Å². The molecular weight excluding hydrogens is 338 g/mol. The lowest BCUT2D eigenvalue weighted by molar-refractivity contribution is -0.156. The highest BCUT2D eigenvalue weighted by molar-refractivity contribution is 5.93. The third-order valence-corrected chi connectivity index (χ3v) is 5.31. The van der Waals surface area contributed by atoms with E-state index in [-0.39, 0.29) is 29.4 Å². The second-order valence-corrected chi connectivity index (χ2v) is 6.78. The molecule has 2 bridgehead atoms. The Morgan fingerprint density at radius 3 is 2.58 bits per heavy atom. The van der Waals surface area contributed by atoms with E-state index in [1.54, 1.807) is 12.1 Å². The number of hydrogen-bond donors (Lipinski definition) is 0. The summed E-state index contributed by atoms with van der Waals surface area (Å²) in [5.74, 6) is -1.86. The molecule has 0 spiro atoms. The van der Waals surface area contributed by atoms with Gasteiger partial charge in [-0.3, -0.25) is 14.5 Å². The fourth-order valence-electron chi connectivity index (χ4n) is 4.07. The molecule has 2 fully saturated rings. The van der Waals surface area contributed by atoms with Crippen LogP contribution in [-0.2, 0) is 19.1 Å². The smallest absolute Gasteiger partial charge is 0.342 e. The number of esters is 3. The first-order chi connectivity index (χ1) is 12.4. The van der Waals surface area contributed by atoms with E-state index in [0.29, 0.717) is 6.42 Å². The maximum Gasteiger partial charge on any atom is 0.342 e. The van der Waals surface area contributed by atoms with Gasteiger partial charge in [0, 0.05) is 25.4 Å². The van der Waals surface area contributed by atoms with Crippen LogP contribution in [0.1, 0.15) is 36.5 Å². The van der Waals surface area contributed by atoms with E-state index in [1.165, 1.54) is 26.2 Å². The molecule has 4 atom stereocenters.